The SMILES string of the molecule is CCC(CCN)CCC(=O)NC(CC)CC. The van der Waals surface area contributed by atoms with Gasteiger partial charge in [-0.25, -0.2) is 0 Å². The van der Waals surface area contributed by atoms with E-state index in [0.717, 1.165) is 38.6 Å². The second-order valence-corrected chi connectivity index (χ2v) is 4.47. The summed E-state index contributed by atoms with van der Waals surface area (Å²) in [5.41, 5.74) is 5.53. The second-order valence-electron chi connectivity index (χ2n) is 4.47. The van der Waals surface area contributed by atoms with E-state index in [0.29, 0.717) is 18.4 Å². The summed E-state index contributed by atoms with van der Waals surface area (Å²) in [6.45, 7) is 7.11. The van der Waals surface area contributed by atoms with Gasteiger partial charge in [-0.15, -0.1) is 0 Å². The molecule has 1 amide bonds. The molecule has 0 aromatic rings. The topological polar surface area (TPSA) is 55.1 Å². The Morgan fingerprint density at radius 3 is 2.19 bits per heavy atom. The standard InChI is InChI=1S/C13H28N2O/c1-4-11(9-10-14)7-8-13(16)15-12(5-2)6-3/h11-12H,4-10,14H2,1-3H3,(H,15,16). The molecule has 0 fully saturated rings. The van der Waals surface area contributed by atoms with Gasteiger partial charge in [0.2, 0.25) is 5.91 Å². The average Bonchev–Trinajstić information content (AvgIpc) is 2.31. The molecule has 0 aliphatic heterocycles. The van der Waals surface area contributed by atoms with E-state index in [1.54, 1.807) is 0 Å². The summed E-state index contributed by atoms with van der Waals surface area (Å²) < 4.78 is 0. The van der Waals surface area contributed by atoms with Crippen molar-refractivity contribution in [2.75, 3.05) is 6.54 Å². The van der Waals surface area contributed by atoms with E-state index < -0.39 is 0 Å². The van der Waals surface area contributed by atoms with Crippen molar-refractivity contribution >= 4 is 5.91 Å². The van der Waals surface area contributed by atoms with Crippen LogP contribution in [-0.4, -0.2) is 18.5 Å². The Hall–Kier alpha value is -0.570. The lowest BCUT2D eigenvalue weighted by molar-refractivity contribution is -0.122. The molecule has 96 valence electrons. The normalized spacial score (nSPS) is 12.8. The minimum Gasteiger partial charge on any atom is -0.353 e. The van der Waals surface area contributed by atoms with Gasteiger partial charge in [0.25, 0.3) is 0 Å². The third kappa shape index (κ3) is 6.83. The summed E-state index contributed by atoms with van der Waals surface area (Å²) in [5.74, 6) is 0.807. The van der Waals surface area contributed by atoms with Crippen molar-refractivity contribution in [3.63, 3.8) is 0 Å². The molecule has 0 aromatic heterocycles. The van der Waals surface area contributed by atoms with Crippen LogP contribution >= 0.6 is 0 Å². The molecule has 0 bridgehead atoms. The first-order chi connectivity index (χ1) is 7.67. The van der Waals surface area contributed by atoms with Gasteiger partial charge in [-0.3, -0.25) is 4.79 Å². The van der Waals surface area contributed by atoms with E-state index in [9.17, 15) is 4.79 Å². The summed E-state index contributed by atoms with van der Waals surface area (Å²) in [6.07, 6.45) is 5.81. The fraction of sp³-hybridized carbons (Fsp3) is 0.923. The molecule has 0 aliphatic carbocycles. The molecule has 0 heterocycles. The van der Waals surface area contributed by atoms with Crippen LogP contribution in [-0.2, 0) is 4.79 Å². The molecule has 3 N–H and O–H groups in total. The first kappa shape index (κ1) is 15.4. The van der Waals surface area contributed by atoms with Gasteiger partial charge in [-0.05, 0) is 38.1 Å². The number of rotatable bonds is 9. The highest BCUT2D eigenvalue weighted by atomic mass is 16.1. The third-order valence-corrected chi connectivity index (χ3v) is 3.28. The summed E-state index contributed by atoms with van der Waals surface area (Å²) in [4.78, 5) is 11.7. The molecule has 0 saturated heterocycles. The van der Waals surface area contributed by atoms with Gasteiger partial charge in [0.05, 0.1) is 0 Å². The summed E-state index contributed by atoms with van der Waals surface area (Å²) >= 11 is 0. The first-order valence-electron chi connectivity index (χ1n) is 6.67. The third-order valence-electron chi connectivity index (χ3n) is 3.28. The van der Waals surface area contributed by atoms with Gasteiger partial charge in [0.1, 0.15) is 0 Å². The van der Waals surface area contributed by atoms with E-state index in [2.05, 4.69) is 26.1 Å². The number of amides is 1. The summed E-state index contributed by atoms with van der Waals surface area (Å²) in [6, 6.07) is 0.349. The highest BCUT2D eigenvalue weighted by Crippen LogP contribution is 2.14. The maximum Gasteiger partial charge on any atom is 0.220 e. The number of nitrogens with one attached hydrogen (secondary N) is 1. The number of hydrogen-bond donors (Lipinski definition) is 2. The number of nitrogens with two attached hydrogens (primary N) is 1. The lowest BCUT2D eigenvalue weighted by atomic mass is 9.96. The van der Waals surface area contributed by atoms with Crippen LogP contribution in [0, 0.1) is 5.92 Å². The Balaban J connectivity index is 3.78. The molecular weight excluding hydrogens is 200 g/mol. The van der Waals surface area contributed by atoms with E-state index in [4.69, 9.17) is 5.73 Å². The fourth-order valence-corrected chi connectivity index (χ4v) is 1.92. The molecule has 3 nitrogen and oxygen atoms in total. The zero-order valence-corrected chi connectivity index (χ0v) is 11.1. The molecule has 0 aliphatic rings. The van der Waals surface area contributed by atoms with Gasteiger partial charge in [-0.1, -0.05) is 27.2 Å². The maximum absolute atomic E-state index is 11.7. The minimum absolute atomic E-state index is 0.198. The molecule has 0 radical (unpaired) electrons. The van der Waals surface area contributed by atoms with Crippen molar-refractivity contribution in [2.45, 2.75) is 65.3 Å². The number of hydrogen-bond acceptors (Lipinski definition) is 2. The minimum atomic E-state index is 0.198. The van der Waals surface area contributed by atoms with Crippen molar-refractivity contribution < 1.29 is 4.79 Å². The highest BCUT2D eigenvalue weighted by Gasteiger charge is 2.11. The zero-order chi connectivity index (χ0) is 12.4. The van der Waals surface area contributed by atoms with Crippen molar-refractivity contribution in [3.05, 3.63) is 0 Å². The predicted molar refractivity (Wildman–Crippen MR) is 69.2 cm³/mol. The second kappa shape index (κ2) is 9.64. The predicted octanol–water partition coefficient (Wildman–Crippen LogP) is 2.45. The van der Waals surface area contributed by atoms with Crippen LogP contribution in [0.2, 0.25) is 0 Å². The highest BCUT2D eigenvalue weighted by molar-refractivity contribution is 5.76. The molecule has 0 saturated carbocycles. The van der Waals surface area contributed by atoms with E-state index >= 15 is 0 Å². The van der Waals surface area contributed by atoms with Gasteiger partial charge in [0.15, 0.2) is 0 Å². The lowest BCUT2D eigenvalue weighted by Crippen LogP contribution is -2.33. The molecule has 16 heavy (non-hydrogen) atoms. The van der Waals surface area contributed by atoms with Crippen molar-refractivity contribution in [3.8, 4) is 0 Å². The van der Waals surface area contributed by atoms with E-state index in [-0.39, 0.29) is 5.91 Å². The lowest BCUT2D eigenvalue weighted by Gasteiger charge is -2.17. The Morgan fingerprint density at radius 2 is 1.75 bits per heavy atom. The van der Waals surface area contributed by atoms with Crippen LogP contribution in [0.3, 0.4) is 0 Å². The van der Waals surface area contributed by atoms with Crippen molar-refractivity contribution in [1.82, 2.24) is 5.32 Å². The molecule has 0 spiro atoms. The monoisotopic (exact) mass is 228 g/mol. The Labute approximate surface area is 100 Å². The maximum atomic E-state index is 11.7. The molecule has 1 unspecified atom stereocenters. The number of carbonyl (C=O) groups excluding carboxylic acids is 1. The van der Waals surface area contributed by atoms with Gasteiger partial charge in [-0.2, -0.15) is 0 Å². The zero-order valence-electron chi connectivity index (χ0n) is 11.1. The molecule has 0 rings (SSSR count). The number of carbonyl (C=O) groups is 1. The van der Waals surface area contributed by atoms with E-state index in [1.165, 1.54) is 0 Å². The Bertz CT molecular complexity index is 179. The van der Waals surface area contributed by atoms with Crippen LogP contribution < -0.4 is 11.1 Å². The smallest absolute Gasteiger partial charge is 0.220 e. The van der Waals surface area contributed by atoms with Crippen LogP contribution in [0.15, 0.2) is 0 Å². The van der Waals surface area contributed by atoms with Crippen LogP contribution in [0.25, 0.3) is 0 Å². The van der Waals surface area contributed by atoms with Crippen molar-refractivity contribution in [1.29, 1.82) is 0 Å². The first-order valence-corrected chi connectivity index (χ1v) is 6.67. The van der Waals surface area contributed by atoms with Crippen molar-refractivity contribution in [2.24, 2.45) is 11.7 Å². The fourth-order valence-electron chi connectivity index (χ4n) is 1.92. The average molecular weight is 228 g/mol. The Kier molecular flexibility index (Phi) is 9.30. The van der Waals surface area contributed by atoms with Crippen LogP contribution in [0.4, 0.5) is 0 Å². The largest absolute Gasteiger partial charge is 0.353 e. The molecule has 1 atom stereocenters. The Morgan fingerprint density at radius 1 is 1.12 bits per heavy atom. The summed E-state index contributed by atoms with van der Waals surface area (Å²) in [7, 11) is 0. The van der Waals surface area contributed by atoms with E-state index in [1.807, 2.05) is 0 Å². The van der Waals surface area contributed by atoms with Gasteiger partial charge < -0.3 is 11.1 Å². The quantitative estimate of drug-likeness (QED) is 0.637. The summed E-state index contributed by atoms with van der Waals surface area (Å²) in [5, 5.41) is 3.07. The van der Waals surface area contributed by atoms with Crippen LogP contribution in [0.5, 0.6) is 0 Å². The van der Waals surface area contributed by atoms with Crippen LogP contribution in [0.1, 0.15) is 59.3 Å². The van der Waals surface area contributed by atoms with Gasteiger partial charge in [0, 0.05) is 12.5 Å². The van der Waals surface area contributed by atoms with Gasteiger partial charge >= 0.3 is 0 Å². The molecule has 3 heteroatoms. The molecule has 0 aromatic carbocycles. The molecular formula is C13H28N2O.